The molecule has 0 saturated heterocycles. The van der Waals surface area contributed by atoms with Gasteiger partial charge in [-0.1, -0.05) is 57.8 Å². The average molecular weight is 756 g/mol. The molecule has 182 valence electrons. The Bertz CT molecular complexity index is 312. The Morgan fingerprint density at radius 2 is 0.233 bits per heavy atom. The van der Waals surface area contributed by atoms with Crippen LogP contribution in [0.2, 0.25) is 0 Å². The largest absolute Gasteiger partial charge is 7.00 e. The molecule has 0 saturated carbocycles. The Balaban J connectivity index is -0.0000000242. The van der Waals surface area contributed by atoms with Gasteiger partial charge in [0.05, 0.1) is 0 Å². The first-order valence-electron chi connectivity index (χ1n) is 4.29. The van der Waals surface area contributed by atoms with Crippen LogP contribution in [0.3, 0.4) is 0 Å². The van der Waals surface area contributed by atoms with Crippen LogP contribution in [0.1, 0.15) is 0 Å². The van der Waals surface area contributed by atoms with E-state index in [2.05, 4.69) is 0 Å². The first kappa shape index (κ1) is 58.3. The average Bonchev–Trinajstić information content (AvgIpc) is 2.20. The fourth-order valence-corrected chi connectivity index (χ4v) is 0. The van der Waals surface area contributed by atoms with Crippen LogP contribution in [0.15, 0.2) is 0 Å². The molecular formula is H7O21P7Tc2. The van der Waals surface area contributed by atoms with Gasteiger partial charge in [-0.25, -0.2) is 0 Å². The number of rotatable bonds is 0. The van der Waals surface area contributed by atoms with E-state index in [-0.39, 0.29) is 40.2 Å². The van der Waals surface area contributed by atoms with E-state index in [0.29, 0.717) is 0 Å². The second kappa shape index (κ2) is 53.0. The molecule has 0 aromatic heterocycles. The Labute approximate surface area is 198 Å². The smallest absolute Gasteiger partial charge is 0.813 e. The molecule has 0 heterocycles. The molecule has 0 aromatic rings. The Kier molecular flexibility index (Phi) is 103. The van der Waals surface area contributed by atoms with Gasteiger partial charge in [-0.3, -0.25) is 0 Å². The minimum atomic E-state index is -3.63. The quantitative estimate of drug-likeness (QED) is 0.207. The van der Waals surface area contributed by atoms with Crippen LogP contribution >= 0.6 is 57.8 Å². The standard InChI is InChI=1S/7H3O3P.2Tc/c7*1-4(2)3;;/h7*4H,(H2,1,2,3);;/q;;;;;;;2*+7/p-14. The third-order valence-electron chi connectivity index (χ3n) is 0. The van der Waals surface area contributed by atoms with E-state index in [0.717, 1.165) is 0 Å². The zero-order valence-corrected chi connectivity index (χ0v) is 23.5. The molecule has 0 unspecified atom stereocenters. The second-order valence-electron chi connectivity index (χ2n) is 1.75. The van der Waals surface area contributed by atoms with Crippen LogP contribution in [0, 0.1) is 0 Å². The molecular weight excluding hydrogens is 749 g/mol. The molecule has 0 bridgehead atoms. The molecule has 0 aliphatic rings. The van der Waals surface area contributed by atoms with Crippen molar-refractivity contribution in [1.29, 1.82) is 0 Å². The zero-order valence-electron chi connectivity index (χ0n) is 12.8. The summed E-state index contributed by atoms with van der Waals surface area (Å²) in [5, 5.41) is 0. The van der Waals surface area contributed by atoms with Crippen molar-refractivity contribution in [3.8, 4) is 0 Å². The van der Waals surface area contributed by atoms with Crippen LogP contribution in [0.25, 0.3) is 0 Å². The van der Waals surface area contributed by atoms with Crippen LogP contribution in [0.5, 0.6) is 0 Å². The van der Waals surface area contributed by atoms with Crippen molar-refractivity contribution in [3.05, 3.63) is 0 Å². The van der Waals surface area contributed by atoms with Gasteiger partial charge in [-0.15, -0.1) is 0 Å². The normalized spacial score (nSPS) is 8.17. The van der Waals surface area contributed by atoms with Crippen molar-refractivity contribution < 1.29 is 141 Å². The molecule has 0 radical (unpaired) electrons. The Morgan fingerprint density at radius 1 is 0.233 bits per heavy atom. The summed E-state index contributed by atoms with van der Waals surface area (Å²) in [6, 6.07) is 0. The summed E-state index contributed by atoms with van der Waals surface area (Å²) in [4.78, 5) is 119. The first-order valence-corrected chi connectivity index (χ1v) is 12.9. The molecule has 0 rings (SSSR count). The van der Waals surface area contributed by atoms with Gasteiger partial charge in [-0.2, -0.15) is 0 Å². The predicted molar refractivity (Wildman–Crippen MR) is 63.0 cm³/mol. The maximum atomic E-state index is 8.52. The summed E-state index contributed by atoms with van der Waals surface area (Å²) >= 11 is 0. The van der Waals surface area contributed by atoms with Crippen molar-refractivity contribution in [1.82, 2.24) is 0 Å². The summed E-state index contributed by atoms with van der Waals surface area (Å²) in [6.07, 6.45) is 0. The van der Waals surface area contributed by atoms with Crippen molar-refractivity contribution in [2.45, 2.75) is 0 Å². The van der Waals surface area contributed by atoms with E-state index in [4.69, 9.17) is 100 Å². The van der Waals surface area contributed by atoms with Crippen molar-refractivity contribution >= 4 is 57.8 Å². The van der Waals surface area contributed by atoms with Crippen molar-refractivity contribution in [3.63, 3.8) is 0 Å². The van der Waals surface area contributed by atoms with E-state index >= 15 is 0 Å². The maximum absolute atomic E-state index is 8.52. The van der Waals surface area contributed by atoms with Gasteiger partial charge in [-0.05, 0) is 0 Å². The fourth-order valence-electron chi connectivity index (χ4n) is 0. The third kappa shape index (κ3) is 4740. The maximum Gasteiger partial charge on any atom is 7.00 e. The van der Waals surface area contributed by atoms with Crippen molar-refractivity contribution in [2.24, 2.45) is 0 Å². The summed E-state index contributed by atoms with van der Waals surface area (Å²) in [6.45, 7) is 0. The summed E-state index contributed by atoms with van der Waals surface area (Å²) in [5.74, 6) is 0. The van der Waals surface area contributed by atoms with Gasteiger partial charge in [0.2, 0.25) is 0 Å². The monoisotopic (exact) mass is 754 g/mol. The summed E-state index contributed by atoms with van der Waals surface area (Å²) < 4.78 is 59.6. The molecule has 30 heteroatoms. The molecule has 0 aliphatic heterocycles. The SMILES string of the molecule is O=[PH]([O-])[O-].O=[PH]([O-])[O-].O=[PH]([O-])[O-].O=[PH]([O-])[O-].O=[PH]([O-])[O-].O=[PH]([O-])[O-].O=[PH]([O-])[O-].[Tc+7].[Tc+7]. The molecule has 0 atom stereocenters. The molecule has 0 aliphatic carbocycles. The van der Waals surface area contributed by atoms with Crippen LogP contribution in [-0.4, -0.2) is 0 Å². The van der Waals surface area contributed by atoms with Crippen molar-refractivity contribution in [2.75, 3.05) is 0 Å². The molecule has 0 N–H and O–H groups in total. The third-order valence-corrected chi connectivity index (χ3v) is 0. The van der Waals surface area contributed by atoms with Gasteiger partial charge in [0, 0.05) is 0 Å². The van der Waals surface area contributed by atoms with E-state index in [1.54, 1.807) is 0 Å². The zero-order chi connectivity index (χ0) is 25.0. The van der Waals surface area contributed by atoms with Crippen LogP contribution < -0.4 is 68.5 Å². The predicted octanol–water partition coefficient (Wildman–Crippen LogP) is -13.3. The molecule has 0 aromatic carbocycles. The van der Waals surface area contributed by atoms with E-state index in [1.165, 1.54) is 0 Å². The second-order valence-corrected chi connectivity index (χ2v) is 5.25. The van der Waals surface area contributed by atoms with E-state index < -0.39 is 57.8 Å². The number of hydrogen-bond acceptors (Lipinski definition) is 21. The van der Waals surface area contributed by atoms with Gasteiger partial charge in [0.25, 0.3) is 0 Å². The molecule has 0 fully saturated rings. The minimum Gasteiger partial charge on any atom is -0.813 e. The molecule has 0 spiro atoms. The fraction of sp³-hybridized carbons (Fsp3) is 0. The van der Waals surface area contributed by atoms with Gasteiger partial charge >= 0.3 is 40.2 Å². The summed E-state index contributed by atoms with van der Waals surface area (Å²) in [5.41, 5.74) is 0. The first-order chi connectivity index (χ1) is 12.1. The molecule has 0 amide bonds. The Hall–Kier alpha value is 2.35. The van der Waals surface area contributed by atoms with Gasteiger partial charge < -0.3 is 100 Å². The van der Waals surface area contributed by atoms with E-state index in [1.807, 2.05) is 0 Å². The molecule has 21 nitrogen and oxygen atoms in total. The topological polar surface area (TPSA) is 442 Å². The number of hydrogen-bond donors (Lipinski definition) is 0. The van der Waals surface area contributed by atoms with Crippen LogP contribution in [0.4, 0.5) is 0 Å². The van der Waals surface area contributed by atoms with Gasteiger partial charge in [0.15, 0.2) is 0 Å². The van der Waals surface area contributed by atoms with Crippen LogP contribution in [-0.2, 0) is 72.2 Å². The van der Waals surface area contributed by atoms with E-state index in [9.17, 15) is 0 Å². The molecule has 30 heavy (non-hydrogen) atoms. The summed E-state index contributed by atoms with van der Waals surface area (Å²) in [7, 11) is -25.4. The minimum absolute atomic E-state index is 0. The Morgan fingerprint density at radius 3 is 0.233 bits per heavy atom. The van der Waals surface area contributed by atoms with Gasteiger partial charge in [0.1, 0.15) is 0 Å².